The van der Waals surface area contributed by atoms with E-state index in [1.54, 1.807) is 6.07 Å². The van der Waals surface area contributed by atoms with Crippen LogP contribution in [0, 0.1) is 5.92 Å². The minimum Gasteiger partial charge on any atom is -0.479 e. The lowest BCUT2D eigenvalue weighted by Crippen LogP contribution is -2.41. The Balaban J connectivity index is 2.87. The molecule has 4 nitrogen and oxygen atoms in total. The molecule has 7 heteroatoms. The highest BCUT2D eigenvalue weighted by atomic mass is 19.4. The molecule has 0 aliphatic rings. The summed E-state index contributed by atoms with van der Waals surface area (Å²) in [4.78, 5) is 22.4. The Hall–Kier alpha value is -2.05. The number of hydrogen-bond donors (Lipinski definition) is 2. The van der Waals surface area contributed by atoms with E-state index in [9.17, 15) is 22.8 Å². The van der Waals surface area contributed by atoms with Crippen LogP contribution in [0.25, 0.3) is 0 Å². The number of aliphatic carboxylic acids is 1. The molecule has 0 fully saturated rings. The van der Waals surface area contributed by atoms with Crippen LogP contribution in [0.4, 0.5) is 13.2 Å². The second-order valence-corrected chi connectivity index (χ2v) is 3.95. The van der Waals surface area contributed by atoms with E-state index < -0.39 is 30.0 Å². The predicted molar refractivity (Wildman–Crippen MR) is 60.2 cm³/mol. The van der Waals surface area contributed by atoms with Crippen molar-refractivity contribution in [2.24, 2.45) is 5.92 Å². The molecule has 0 saturated carbocycles. The largest absolute Gasteiger partial charge is 0.479 e. The third kappa shape index (κ3) is 3.97. The molecule has 2 atom stereocenters. The highest BCUT2D eigenvalue weighted by molar-refractivity contribution is 5.86. The van der Waals surface area contributed by atoms with Gasteiger partial charge in [0.15, 0.2) is 6.04 Å². The molecule has 0 spiro atoms. The number of carboxylic acid groups (broad SMARTS) is 1. The predicted octanol–water partition coefficient (Wildman–Crippen LogP) is 2.13. The number of carbonyl (C=O) groups excluding carboxylic acids is 1. The normalized spacial score (nSPS) is 14.5. The Morgan fingerprint density at radius 3 is 2.16 bits per heavy atom. The van der Waals surface area contributed by atoms with E-state index in [0.717, 1.165) is 0 Å². The van der Waals surface area contributed by atoms with Gasteiger partial charge in [-0.05, 0) is 12.5 Å². The van der Waals surface area contributed by atoms with Crippen molar-refractivity contribution in [1.29, 1.82) is 0 Å². The summed E-state index contributed by atoms with van der Waals surface area (Å²) in [5, 5.41) is 10.8. The topological polar surface area (TPSA) is 66.4 Å². The summed E-state index contributed by atoms with van der Waals surface area (Å²) in [6.07, 6.45) is -4.70. The SMILES string of the molecule is CC(C(=O)N[C@H](C(=O)O)c1ccccc1)C(F)(F)F. The van der Waals surface area contributed by atoms with E-state index in [2.05, 4.69) is 0 Å². The van der Waals surface area contributed by atoms with Gasteiger partial charge < -0.3 is 10.4 Å². The van der Waals surface area contributed by atoms with Crippen LogP contribution in [0.2, 0.25) is 0 Å². The van der Waals surface area contributed by atoms with Crippen LogP contribution in [-0.4, -0.2) is 23.2 Å². The molecular formula is C12H12F3NO3. The van der Waals surface area contributed by atoms with Crippen molar-refractivity contribution in [1.82, 2.24) is 5.32 Å². The molecule has 0 aliphatic heterocycles. The van der Waals surface area contributed by atoms with Gasteiger partial charge in [-0.1, -0.05) is 30.3 Å². The highest BCUT2D eigenvalue weighted by Crippen LogP contribution is 2.26. The van der Waals surface area contributed by atoms with Gasteiger partial charge >= 0.3 is 12.1 Å². The van der Waals surface area contributed by atoms with Gasteiger partial charge in [0, 0.05) is 0 Å². The van der Waals surface area contributed by atoms with E-state index >= 15 is 0 Å². The third-order valence-electron chi connectivity index (χ3n) is 2.55. The lowest BCUT2D eigenvalue weighted by atomic mass is 10.1. The van der Waals surface area contributed by atoms with Crippen molar-refractivity contribution < 1.29 is 27.9 Å². The van der Waals surface area contributed by atoms with Crippen LogP contribution in [-0.2, 0) is 9.59 Å². The Morgan fingerprint density at radius 2 is 1.74 bits per heavy atom. The number of nitrogens with one attached hydrogen (secondary N) is 1. The molecule has 0 aromatic heterocycles. The maximum atomic E-state index is 12.3. The third-order valence-corrected chi connectivity index (χ3v) is 2.55. The number of amides is 1. The fourth-order valence-corrected chi connectivity index (χ4v) is 1.35. The van der Waals surface area contributed by atoms with Gasteiger partial charge in [-0.3, -0.25) is 4.79 Å². The van der Waals surface area contributed by atoms with Gasteiger partial charge in [0.1, 0.15) is 5.92 Å². The first-order chi connectivity index (χ1) is 8.73. The average Bonchev–Trinajstić information content (AvgIpc) is 2.34. The molecule has 0 radical (unpaired) electrons. The van der Waals surface area contributed by atoms with Gasteiger partial charge in [-0.15, -0.1) is 0 Å². The second kappa shape index (κ2) is 5.73. The maximum Gasteiger partial charge on any atom is 0.400 e. The fourth-order valence-electron chi connectivity index (χ4n) is 1.35. The van der Waals surface area contributed by atoms with Crippen LogP contribution in [0.3, 0.4) is 0 Å². The van der Waals surface area contributed by atoms with E-state index in [1.807, 2.05) is 5.32 Å². The molecule has 1 aromatic carbocycles. The van der Waals surface area contributed by atoms with E-state index in [0.29, 0.717) is 6.92 Å². The smallest absolute Gasteiger partial charge is 0.400 e. The zero-order valence-electron chi connectivity index (χ0n) is 9.94. The van der Waals surface area contributed by atoms with E-state index in [-0.39, 0.29) is 5.56 Å². The van der Waals surface area contributed by atoms with Crippen LogP contribution in [0.15, 0.2) is 30.3 Å². The lowest BCUT2D eigenvalue weighted by Gasteiger charge is -2.19. The van der Waals surface area contributed by atoms with Crippen LogP contribution >= 0.6 is 0 Å². The number of alkyl halides is 3. The molecule has 1 unspecified atom stereocenters. The zero-order valence-corrected chi connectivity index (χ0v) is 9.94. The van der Waals surface area contributed by atoms with Gasteiger partial charge in [-0.2, -0.15) is 13.2 Å². The number of halogens is 3. The summed E-state index contributed by atoms with van der Waals surface area (Å²) < 4.78 is 37.0. The summed E-state index contributed by atoms with van der Waals surface area (Å²) >= 11 is 0. The molecule has 0 bridgehead atoms. The molecule has 1 aromatic rings. The summed E-state index contributed by atoms with van der Waals surface area (Å²) in [6, 6.07) is 6.02. The number of carbonyl (C=O) groups is 2. The van der Waals surface area contributed by atoms with Crippen molar-refractivity contribution in [3.8, 4) is 0 Å². The minimum absolute atomic E-state index is 0.206. The second-order valence-electron chi connectivity index (χ2n) is 3.95. The van der Waals surface area contributed by atoms with Crippen LogP contribution in [0.1, 0.15) is 18.5 Å². The molecule has 0 heterocycles. The zero-order chi connectivity index (χ0) is 14.6. The number of benzene rings is 1. The average molecular weight is 275 g/mol. The lowest BCUT2D eigenvalue weighted by molar-refractivity contribution is -0.180. The molecule has 1 rings (SSSR count). The van der Waals surface area contributed by atoms with Crippen LogP contribution in [0.5, 0.6) is 0 Å². The van der Waals surface area contributed by atoms with Crippen molar-refractivity contribution in [3.63, 3.8) is 0 Å². The number of rotatable bonds is 4. The monoisotopic (exact) mass is 275 g/mol. The Labute approximate surface area is 107 Å². The molecule has 2 N–H and O–H groups in total. The van der Waals surface area contributed by atoms with Gasteiger partial charge in [0.25, 0.3) is 0 Å². The summed E-state index contributed by atoms with van der Waals surface area (Å²) in [6.45, 7) is 0.680. The fraction of sp³-hybridized carbons (Fsp3) is 0.333. The Bertz CT molecular complexity index is 459. The molecule has 0 saturated heterocycles. The van der Waals surface area contributed by atoms with Gasteiger partial charge in [0.05, 0.1) is 0 Å². The molecule has 104 valence electrons. The number of hydrogen-bond acceptors (Lipinski definition) is 2. The molecule has 19 heavy (non-hydrogen) atoms. The highest BCUT2D eigenvalue weighted by Gasteiger charge is 2.42. The standard InChI is InChI=1S/C12H12F3NO3/c1-7(12(13,14)15)10(17)16-9(11(18)19)8-5-3-2-4-6-8/h2-7,9H,1H3,(H,16,17)(H,18,19)/t7?,9-/m0/s1. The summed E-state index contributed by atoms with van der Waals surface area (Å²) in [5.74, 6) is -5.06. The van der Waals surface area contributed by atoms with E-state index in [1.165, 1.54) is 24.3 Å². The first-order valence-electron chi connectivity index (χ1n) is 5.38. The molecule has 1 amide bonds. The first-order valence-corrected chi connectivity index (χ1v) is 5.38. The van der Waals surface area contributed by atoms with Crippen molar-refractivity contribution in [2.45, 2.75) is 19.1 Å². The van der Waals surface area contributed by atoms with E-state index in [4.69, 9.17) is 5.11 Å². The van der Waals surface area contributed by atoms with Crippen LogP contribution < -0.4 is 5.32 Å². The molecular weight excluding hydrogens is 263 g/mol. The maximum absolute atomic E-state index is 12.3. The molecule has 0 aliphatic carbocycles. The summed E-state index contributed by atoms with van der Waals surface area (Å²) in [5.41, 5.74) is 0.206. The quantitative estimate of drug-likeness (QED) is 0.884. The van der Waals surface area contributed by atoms with Crippen molar-refractivity contribution in [3.05, 3.63) is 35.9 Å². The number of carboxylic acids is 1. The summed E-state index contributed by atoms with van der Waals surface area (Å²) in [7, 11) is 0. The van der Waals surface area contributed by atoms with Crippen molar-refractivity contribution >= 4 is 11.9 Å². The van der Waals surface area contributed by atoms with Gasteiger partial charge in [-0.25, -0.2) is 4.79 Å². The minimum atomic E-state index is -4.70. The van der Waals surface area contributed by atoms with Gasteiger partial charge in [0.2, 0.25) is 5.91 Å². The first kappa shape index (κ1) is 15.0. The van der Waals surface area contributed by atoms with Crippen molar-refractivity contribution in [2.75, 3.05) is 0 Å². The Kier molecular flexibility index (Phi) is 4.52. The Morgan fingerprint density at radius 1 is 1.21 bits per heavy atom.